The van der Waals surface area contributed by atoms with Gasteiger partial charge in [-0.1, -0.05) is 96.1 Å². The molecule has 2 atom stereocenters. The molecule has 2 heterocycles. The van der Waals surface area contributed by atoms with Gasteiger partial charge in [0.2, 0.25) is 0 Å². The molecular weight excluding hydrogens is 424 g/mol. The lowest BCUT2D eigenvalue weighted by Gasteiger charge is -2.42. The van der Waals surface area contributed by atoms with Gasteiger partial charge < -0.3 is 9.47 Å². The fourth-order valence-corrected chi connectivity index (χ4v) is 5.69. The Kier molecular flexibility index (Phi) is 4.30. The zero-order valence-electron chi connectivity index (χ0n) is 18.9. The fourth-order valence-electron chi connectivity index (χ4n) is 5.69. The summed E-state index contributed by atoms with van der Waals surface area (Å²) in [6.07, 6.45) is 0. The summed E-state index contributed by atoms with van der Waals surface area (Å²) < 4.78 is 11.9. The van der Waals surface area contributed by atoms with Crippen molar-refractivity contribution in [2.24, 2.45) is 0 Å². The number of ether oxygens (including phenoxy) is 2. The van der Waals surface area contributed by atoms with Gasteiger partial charge in [-0.3, -0.25) is 9.59 Å². The van der Waals surface area contributed by atoms with Crippen LogP contribution in [0, 0.1) is 13.8 Å². The molecule has 0 bridgehead atoms. The zero-order valence-corrected chi connectivity index (χ0v) is 18.9. The highest BCUT2D eigenvalue weighted by molar-refractivity contribution is 6.09. The number of rotatable bonds is 3. The van der Waals surface area contributed by atoms with Crippen LogP contribution in [0.3, 0.4) is 0 Å². The highest BCUT2D eigenvalue weighted by Gasteiger charge is 2.72. The minimum absolute atomic E-state index is 0.462. The van der Waals surface area contributed by atoms with Crippen molar-refractivity contribution in [3.05, 3.63) is 130 Å². The summed E-state index contributed by atoms with van der Waals surface area (Å²) in [5.41, 5.74) is 1.67. The lowest BCUT2D eigenvalue weighted by Crippen LogP contribution is -2.58. The van der Waals surface area contributed by atoms with Crippen molar-refractivity contribution in [3.63, 3.8) is 0 Å². The van der Waals surface area contributed by atoms with Crippen LogP contribution in [0.5, 0.6) is 11.5 Å². The van der Waals surface area contributed by atoms with Gasteiger partial charge in [-0.25, -0.2) is 0 Å². The van der Waals surface area contributed by atoms with Gasteiger partial charge in [-0.2, -0.15) is 0 Å². The van der Waals surface area contributed by atoms with Crippen LogP contribution >= 0.6 is 0 Å². The number of hydrogen-bond donors (Lipinski definition) is 0. The van der Waals surface area contributed by atoms with E-state index in [0.29, 0.717) is 33.8 Å². The Balaban J connectivity index is 1.86. The van der Waals surface area contributed by atoms with Gasteiger partial charge in [0.1, 0.15) is 22.3 Å². The molecule has 0 amide bonds. The van der Waals surface area contributed by atoms with Crippen LogP contribution in [0.25, 0.3) is 0 Å². The van der Waals surface area contributed by atoms with Gasteiger partial charge in [-0.15, -0.1) is 0 Å². The van der Waals surface area contributed by atoms with E-state index in [1.54, 1.807) is 0 Å². The van der Waals surface area contributed by atoms with Crippen LogP contribution in [0.4, 0.5) is 0 Å². The monoisotopic (exact) mass is 446 g/mol. The van der Waals surface area contributed by atoms with Gasteiger partial charge in [0, 0.05) is 11.1 Å². The minimum Gasteiger partial charge on any atom is -0.425 e. The Hall–Kier alpha value is -4.18. The molecule has 2 aliphatic heterocycles. The van der Waals surface area contributed by atoms with E-state index in [-0.39, 0.29) is 0 Å². The standard InChI is InChI=1S/C30H22O4/c1-19-13-15-25-23(17-19)29(27(31)33-25,21-9-5-3-6-10-21)30(22-11-7-4-8-12-22)24-18-20(2)14-16-26(24)34-28(30)32/h3-18H,1-2H3/t29-,30-/m0/s1. The molecular formula is C30H22O4. The third-order valence-electron chi connectivity index (χ3n) is 7.07. The molecule has 4 aromatic rings. The van der Waals surface area contributed by atoms with E-state index in [9.17, 15) is 9.59 Å². The van der Waals surface area contributed by atoms with Gasteiger partial charge in [-0.05, 0) is 37.1 Å². The average Bonchev–Trinajstić information content (AvgIpc) is 3.30. The molecule has 34 heavy (non-hydrogen) atoms. The maximum Gasteiger partial charge on any atom is 0.328 e. The van der Waals surface area contributed by atoms with Crippen molar-refractivity contribution in [2.45, 2.75) is 24.7 Å². The SMILES string of the molecule is Cc1ccc2c(c1)[C@](c1ccccc1)([C@]1(c3ccccc3)C(=O)Oc3ccc(C)cc31)C(=O)O2. The summed E-state index contributed by atoms with van der Waals surface area (Å²) in [4.78, 5) is 28.5. The number of fused-ring (bicyclic) bond motifs is 2. The number of carbonyl (C=O) groups is 2. The lowest BCUT2D eigenvalue weighted by atomic mass is 9.52. The molecule has 0 unspecified atom stereocenters. The Labute approximate surface area is 197 Å². The molecule has 4 nitrogen and oxygen atoms in total. The predicted molar refractivity (Wildman–Crippen MR) is 128 cm³/mol. The van der Waals surface area contributed by atoms with Crippen molar-refractivity contribution in [1.82, 2.24) is 0 Å². The lowest BCUT2D eigenvalue weighted by molar-refractivity contribution is -0.147. The Bertz CT molecular complexity index is 1350. The molecule has 0 saturated carbocycles. The summed E-state index contributed by atoms with van der Waals surface area (Å²) in [6.45, 7) is 3.94. The third kappa shape index (κ3) is 2.43. The molecule has 6 rings (SSSR count). The maximum absolute atomic E-state index is 14.2. The Morgan fingerprint density at radius 3 is 1.29 bits per heavy atom. The van der Waals surface area contributed by atoms with Crippen LogP contribution in [-0.4, -0.2) is 11.9 Å². The van der Waals surface area contributed by atoms with E-state index >= 15 is 0 Å². The molecule has 4 aromatic carbocycles. The summed E-state index contributed by atoms with van der Waals surface area (Å²) in [5, 5.41) is 0. The van der Waals surface area contributed by atoms with E-state index in [4.69, 9.17) is 9.47 Å². The molecule has 4 heteroatoms. The second-order valence-corrected chi connectivity index (χ2v) is 9.01. The summed E-state index contributed by atoms with van der Waals surface area (Å²) in [7, 11) is 0. The Morgan fingerprint density at radius 2 is 0.912 bits per heavy atom. The number of hydrogen-bond acceptors (Lipinski definition) is 4. The first-order valence-electron chi connectivity index (χ1n) is 11.3. The van der Waals surface area contributed by atoms with Crippen molar-refractivity contribution in [1.29, 1.82) is 0 Å². The first-order chi connectivity index (χ1) is 16.5. The number of carbonyl (C=O) groups excluding carboxylic acids is 2. The van der Waals surface area contributed by atoms with Crippen molar-refractivity contribution in [3.8, 4) is 11.5 Å². The largest absolute Gasteiger partial charge is 0.425 e. The average molecular weight is 447 g/mol. The van der Waals surface area contributed by atoms with E-state index in [0.717, 1.165) is 11.1 Å². The molecule has 166 valence electrons. The smallest absolute Gasteiger partial charge is 0.328 e. The highest BCUT2D eigenvalue weighted by Crippen LogP contribution is 2.62. The molecule has 0 aromatic heterocycles. The summed E-state index contributed by atoms with van der Waals surface area (Å²) >= 11 is 0. The topological polar surface area (TPSA) is 52.6 Å². The van der Waals surface area contributed by atoms with Gasteiger partial charge in [0.25, 0.3) is 0 Å². The van der Waals surface area contributed by atoms with Gasteiger partial charge in [0.15, 0.2) is 0 Å². The van der Waals surface area contributed by atoms with E-state index in [2.05, 4.69) is 0 Å². The molecule has 2 aliphatic rings. The second kappa shape index (κ2) is 7.16. The molecule has 0 fully saturated rings. The quantitative estimate of drug-likeness (QED) is 0.312. The first-order valence-corrected chi connectivity index (χ1v) is 11.3. The number of esters is 2. The Morgan fingerprint density at radius 1 is 0.529 bits per heavy atom. The molecule has 0 spiro atoms. The maximum atomic E-state index is 14.2. The summed E-state index contributed by atoms with van der Waals surface area (Å²) in [5.74, 6) is -0.0590. The minimum atomic E-state index is -1.48. The molecule has 0 saturated heterocycles. The molecule has 0 N–H and O–H groups in total. The number of aryl methyl sites for hydroxylation is 2. The second-order valence-electron chi connectivity index (χ2n) is 9.01. The third-order valence-corrected chi connectivity index (χ3v) is 7.07. The highest BCUT2D eigenvalue weighted by atomic mass is 16.6. The normalized spacial score (nSPS) is 22.6. The summed E-state index contributed by atoms with van der Waals surface area (Å²) in [6, 6.07) is 30.3. The van der Waals surface area contributed by atoms with Crippen LogP contribution in [-0.2, 0) is 20.4 Å². The van der Waals surface area contributed by atoms with Gasteiger partial charge >= 0.3 is 11.9 Å². The van der Waals surface area contributed by atoms with Crippen molar-refractivity contribution >= 4 is 11.9 Å². The fraction of sp³-hybridized carbons (Fsp3) is 0.133. The van der Waals surface area contributed by atoms with Crippen LogP contribution in [0.15, 0.2) is 97.1 Å². The number of benzene rings is 4. The van der Waals surface area contributed by atoms with E-state index in [1.165, 1.54) is 0 Å². The first kappa shape index (κ1) is 20.4. The zero-order chi connectivity index (χ0) is 23.5. The van der Waals surface area contributed by atoms with E-state index in [1.807, 2.05) is 111 Å². The molecule has 0 aliphatic carbocycles. The molecule has 0 radical (unpaired) electrons. The predicted octanol–water partition coefficient (Wildman–Crippen LogP) is 5.41. The van der Waals surface area contributed by atoms with Crippen LogP contribution in [0.1, 0.15) is 33.4 Å². The van der Waals surface area contributed by atoms with Crippen molar-refractivity contribution in [2.75, 3.05) is 0 Å². The van der Waals surface area contributed by atoms with Crippen LogP contribution < -0.4 is 9.47 Å². The van der Waals surface area contributed by atoms with Crippen LogP contribution in [0.2, 0.25) is 0 Å². The van der Waals surface area contributed by atoms with Crippen molar-refractivity contribution < 1.29 is 19.1 Å². The van der Waals surface area contributed by atoms with E-state index < -0.39 is 22.8 Å². The van der Waals surface area contributed by atoms with Gasteiger partial charge in [0.05, 0.1) is 0 Å².